The van der Waals surface area contributed by atoms with Gasteiger partial charge in [0.15, 0.2) is 0 Å². The van der Waals surface area contributed by atoms with Gasteiger partial charge in [0.1, 0.15) is 17.5 Å². The van der Waals surface area contributed by atoms with Gasteiger partial charge in [-0.05, 0) is 42.0 Å². The maximum atomic E-state index is 13.6. The van der Waals surface area contributed by atoms with E-state index in [9.17, 15) is 13.2 Å². The molecular weight excluding hydrogens is 307 g/mol. The van der Waals surface area contributed by atoms with Crippen LogP contribution in [-0.4, -0.2) is 0 Å². The van der Waals surface area contributed by atoms with Crippen molar-refractivity contribution in [3.05, 3.63) is 69.4 Å². The minimum atomic E-state index is -0.939. The smallest absolute Gasteiger partial charge is 0.128 e. The molecule has 0 heterocycles. The lowest BCUT2D eigenvalue weighted by molar-refractivity contribution is 0.574. The molecule has 0 spiro atoms. The van der Waals surface area contributed by atoms with Gasteiger partial charge in [0.2, 0.25) is 0 Å². The molecule has 0 aliphatic carbocycles. The Labute approximate surface area is 111 Å². The zero-order valence-corrected chi connectivity index (χ0v) is 10.7. The lowest BCUT2D eigenvalue weighted by atomic mass is 9.99. The minimum Gasteiger partial charge on any atom is -0.320 e. The molecule has 0 aliphatic heterocycles. The Morgan fingerprint density at radius 1 is 0.889 bits per heavy atom. The third kappa shape index (κ3) is 2.57. The number of benzene rings is 2. The molecule has 0 saturated heterocycles. The van der Waals surface area contributed by atoms with Gasteiger partial charge in [-0.25, -0.2) is 13.2 Å². The van der Waals surface area contributed by atoms with Gasteiger partial charge in [-0.15, -0.1) is 0 Å². The Morgan fingerprint density at radius 2 is 1.44 bits per heavy atom. The zero-order valence-electron chi connectivity index (χ0n) is 9.13. The Bertz CT molecular complexity index is 535. The number of hydrogen-bond donors (Lipinski definition) is 1. The molecule has 2 N–H and O–H groups in total. The van der Waals surface area contributed by atoms with Crippen LogP contribution in [0.1, 0.15) is 17.2 Å². The maximum absolute atomic E-state index is 13.6. The highest BCUT2D eigenvalue weighted by Crippen LogP contribution is 2.29. The fourth-order valence-electron chi connectivity index (χ4n) is 1.67. The van der Waals surface area contributed by atoms with Crippen LogP contribution in [-0.2, 0) is 0 Å². The Kier molecular flexibility index (Phi) is 3.73. The third-order valence-electron chi connectivity index (χ3n) is 2.59. The van der Waals surface area contributed by atoms with Crippen LogP contribution in [0.5, 0.6) is 0 Å². The number of hydrogen-bond acceptors (Lipinski definition) is 1. The molecule has 5 heteroatoms. The van der Waals surface area contributed by atoms with Gasteiger partial charge < -0.3 is 5.73 Å². The maximum Gasteiger partial charge on any atom is 0.128 e. The number of rotatable bonds is 2. The van der Waals surface area contributed by atoms with Crippen LogP contribution in [0.3, 0.4) is 0 Å². The van der Waals surface area contributed by atoms with Gasteiger partial charge >= 0.3 is 0 Å². The van der Waals surface area contributed by atoms with Gasteiger partial charge in [-0.3, -0.25) is 0 Å². The molecule has 0 bridgehead atoms. The summed E-state index contributed by atoms with van der Waals surface area (Å²) >= 11 is 3.21. The number of nitrogens with two attached hydrogens (primary N) is 1. The standard InChI is InChI=1S/C13H9BrF3N/c14-11-3-1-7(15)5-9(11)13(18)10-6-8(16)2-4-12(10)17/h1-6,13H,18H2. The summed E-state index contributed by atoms with van der Waals surface area (Å²) in [5, 5.41) is 0. The second-order valence-corrected chi connectivity index (χ2v) is 4.66. The van der Waals surface area contributed by atoms with Crippen molar-refractivity contribution >= 4 is 15.9 Å². The third-order valence-corrected chi connectivity index (χ3v) is 3.31. The van der Waals surface area contributed by atoms with Crippen molar-refractivity contribution in [2.75, 3.05) is 0 Å². The van der Waals surface area contributed by atoms with Crippen molar-refractivity contribution in [2.24, 2.45) is 5.73 Å². The molecule has 0 aromatic heterocycles. The number of halogens is 4. The summed E-state index contributed by atoms with van der Waals surface area (Å²) in [5.41, 5.74) is 6.20. The van der Waals surface area contributed by atoms with Crippen LogP contribution in [0.2, 0.25) is 0 Å². The van der Waals surface area contributed by atoms with Crippen LogP contribution < -0.4 is 5.73 Å². The van der Waals surface area contributed by atoms with E-state index in [2.05, 4.69) is 15.9 Å². The first kappa shape index (κ1) is 13.1. The van der Waals surface area contributed by atoms with Crippen molar-refractivity contribution in [3.8, 4) is 0 Å². The molecule has 18 heavy (non-hydrogen) atoms. The average Bonchev–Trinajstić information content (AvgIpc) is 2.34. The molecule has 94 valence electrons. The predicted molar refractivity (Wildman–Crippen MR) is 66.5 cm³/mol. The largest absolute Gasteiger partial charge is 0.320 e. The van der Waals surface area contributed by atoms with E-state index in [1.54, 1.807) is 0 Å². The van der Waals surface area contributed by atoms with Crippen molar-refractivity contribution < 1.29 is 13.2 Å². The summed E-state index contributed by atoms with van der Waals surface area (Å²) in [4.78, 5) is 0. The van der Waals surface area contributed by atoms with E-state index in [1.165, 1.54) is 18.2 Å². The zero-order chi connectivity index (χ0) is 13.3. The van der Waals surface area contributed by atoms with Crippen molar-refractivity contribution in [1.29, 1.82) is 0 Å². The molecule has 2 rings (SSSR count). The monoisotopic (exact) mass is 315 g/mol. The summed E-state index contributed by atoms with van der Waals surface area (Å²) < 4.78 is 40.4. The van der Waals surface area contributed by atoms with Crippen molar-refractivity contribution in [1.82, 2.24) is 0 Å². The second kappa shape index (κ2) is 5.12. The molecule has 1 unspecified atom stereocenters. The summed E-state index contributed by atoms with van der Waals surface area (Å²) in [5.74, 6) is -1.70. The molecule has 2 aromatic carbocycles. The normalized spacial score (nSPS) is 12.5. The van der Waals surface area contributed by atoms with E-state index in [0.29, 0.717) is 10.0 Å². The van der Waals surface area contributed by atoms with E-state index in [1.807, 2.05) is 0 Å². The molecule has 2 aromatic rings. The van der Waals surface area contributed by atoms with Crippen LogP contribution in [0.4, 0.5) is 13.2 Å². The van der Waals surface area contributed by atoms with Crippen LogP contribution in [0.15, 0.2) is 40.9 Å². The summed E-state index contributed by atoms with van der Waals surface area (Å²) in [7, 11) is 0. The molecule has 0 fully saturated rings. The Balaban J connectivity index is 2.50. The lowest BCUT2D eigenvalue weighted by Gasteiger charge is -2.15. The van der Waals surface area contributed by atoms with E-state index in [-0.39, 0.29) is 5.56 Å². The highest BCUT2D eigenvalue weighted by Gasteiger charge is 2.17. The van der Waals surface area contributed by atoms with E-state index >= 15 is 0 Å². The highest BCUT2D eigenvalue weighted by molar-refractivity contribution is 9.10. The first-order chi connectivity index (χ1) is 8.49. The first-order valence-corrected chi connectivity index (χ1v) is 5.94. The second-order valence-electron chi connectivity index (χ2n) is 3.81. The van der Waals surface area contributed by atoms with Gasteiger partial charge in [-0.1, -0.05) is 15.9 Å². The lowest BCUT2D eigenvalue weighted by Crippen LogP contribution is -2.15. The first-order valence-electron chi connectivity index (χ1n) is 5.14. The topological polar surface area (TPSA) is 26.0 Å². The minimum absolute atomic E-state index is 0.0127. The van der Waals surface area contributed by atoms with Crippen molar-refractivity contribution in [3.63, 3.8) is 0 Å². The van der Waals surface area contributed by atoms with Crippen LogP contribution in [0.25, 0.3) is 0 Å². The SMILES string of the molecule is NC(c1cc(F)ccc1F)c1cc(F)ccc1Br. The summed E-state index contributed by atoms with van der Waals surface area (Å²) in [6, 6.07) is 6.00. The van der Waals surface area contributed by atoms with Gasteiger partial charge in [0, 0.05) is 10.0 Å². The molecule has 1 atom stereocenters. The summed E-state index contributed by atoms with van der Waals surface area (Å²) in [6.45, 7) is 0. The predicted octanol–water partition coefficient (Wildman–Crippen LogP) is 3.91. The summed E-state index contributed by atoms with van der Waals surface area (Å²) in [6.07, 6.45) is 0. The molecular formula is C13H9BrF3N. The highest BCUT2D eigenvalue weighted by atomic mass is 79.9. The fourth-order valence-corrected chi connectivity index (χ4v) is 2.17. The van der Waals surface area contributed by atoms with Crippen LogP contribution >= 0.6 is 15.9 Å². The average molecular weight is 316 g/mol. The molecule has 0 saturated carbocycles. The Hall–Kier alpha value is -1.33. The quantitative estimate of drug-likeness (QED) is 0.893. The van der Waals surface area contributed by atoms with Gasteiger partial charge in [0.05, 0.1) is 6.04 Å². The molecule has 0 radical (unpaired) electrons. The Morgan fingerprint density at radius 3 is 2.11 bits per heavy atom. The fraction of sp³-hybridized carbons (Fsp3) is 0.0769. The van der Waals surface area contributed by atoms with Crippen LogP contribution in [0, 0.1) is 17.5 Å². The van der Waals surface area contributed by atoms with Crippen molar-refractivity contribution in [2.45, 2.75) is 6.04 Å². The van der Waals surface area contributed by atoms with E-state index in [0.717, 1.165) is 18.2 Å². The molecule has 0 aliphatic rings. The molecule has 1 nitrogen and oxygen atoms in total. The molecule has 0 amide bonds. The van der Waals surface area contributed by atoms with Gasteiger partial charge in [0.25, 0.3) is 0 Å². The van der Waals surface area contributed by atoms with E-state index in [4.69, 9.17) is 5.73 Å². The van der Waals surface area contributed by atoms with Gasteiger partial charge in [-0.2, -0.15) is 0 Å². The van der Waals surface area contributed by atoms with E-state index < -0.39 is 23.5 Å².